The van der Waals surface area contributed by atoms with Gasteiger partial charge in [-0.25, -0.2) is 17.8 Å². The first kappa shape index (κ1) is 24.3. The summed E-state index contributed by atoms with van der Waals surface area (Å²) in [5, 5.41) is 8.40. The Balaban J connectivity index is 1.48. The quantitative estimate of drug-likeness (QED) is 0.333. The molecule has 0 fully saturated rings. The molecule has 0 radical (unpaired) electrons. The molecule has 0 saturated carbocycles. The number of sulfonamides is 1. The van der Waals surface area contributed by atoms with Gasteiger partial charge < -0.3 is 9.51 Å². The lowest BCUT2D eigenvalue weighted by Gasteiger charge is -2.16. The van der Waals surface area contributed by atoms with Crippen LogP contribution in [0.25, 0.3) is 22.9 Å². The van der Waals surface area contributed by atoms with Crippen LogP contribution < -0.4 is 5.56 Å². The van der Waals surface area contributed by atoms with Crippen molar-refractivity contribution in [3.8, 4) is 22.9 Å². The first-order valence-corrected chi connectivity index (χ1v) is 12.6. The van der Waals surface area contributed by atoms with Crippen LogP contribution in [-0.4, -0.2) is 44.7 Å². The number of H-pyrrole nitrogens is 1. The number of halogens is 1. The average molecular weight is 521 g/mol. The van der Waals surface area contributed by atoms with Crippen LogP contribution in [0.4, 0.5) is 4.39 Å². The molecule has 2 aromatic carbocycles. The molecule has 0 unspecified atom stereocenters. The predicted octanol–water partition coefficient (Wildman–Crippen LogP) is 3.30. The van der Waals surface area contributed by atoms with E-state index < -0.39 is 26.3 Å². The van der Waals surface area contributed by atoms with Crippen molar-refractivity contribution in [3.63, 3.8) is 0 Å². The lowest BCUT2D eigenvalue weighted by atomic mass is 10.2. The second-order valence-corrected chi connectivity index (χ2v) is 10.2. The normalized spacial score (nSPS) is 11.8. The molecule has 0 saturated heterocycles. The van der Waals surface area contributed by atoms with Gasteiger partial charge >= 0.3 is 0 Å². The number of nitrogens with zero attached hydrogens (tertiary/aromatic N) is 5. The Labute approximate surface area is 211 Å². The minimum atomic E-state index is -4.11. The van der Waals surface area contributed by atoms with Gasteiger partial charge in [-0.1, -0.05) is 53.7 Å². The predicted molar refractivity (Wildman–Crippen MR) is 132 cm³/mol. The van der Waals surface area contributed by atoms with Gasteiger partial charge in [-0.2, -0.15) is 9.40 Å². The summed E-state index contributed by atoms with van der Waals surface area (Å²) < 4.78 is 47.9. The third-order valence-electron chi connectivity index (χ3n) is 5.70. The fourth-order valence-electron chi connectivity index (χ4n) is 3.78. The van der Waals surface area contributed by atoms with Crippen LogP contribution in [-0.2, 0) is 23.1 Å². The zero-order valence-corrected chi connectivity index (χ0v) is 20.4. The monoisotopic (exact) mass is 520 g/mol. The molecule has 0 bridgehead atoms. The number of benzene rings is 2. The van der Waals surface area contributed by atoms with Crippen molar-refractivity contribution in [2.45, 2.75) is 18.0 Å². The smallest absolute Gasteiger partial charge is 0.271 e. The number of hydrogen-bond acceptors (Lipinski definition) is 7. The number of rotatable bonds is 8. The van der Waals surface area contributed by atoms with Crippen molar-refractivity contribution in [3.05, 3.63) is 106 Å². The van der Waals surface area contributed by atoms with Crippen molar-refractivity contribution < 1.29 is 17.3 Å². The zero-order chi connectivity index (χ0) is 26.0. The van der Waals surface area contributed by atoms with Crippen LogP contribution in [0.15, 0.2) is 93.4 Å². The maximum absolute atomic E-state index is 14.3. The molecule has 0 aliphatic heterocycles. The molecule has 1 N–H and O–H groups in total. The van der Waals surface area contributed by atoms with Gasteiger partial charge in [0.05, 0.1) is 18.4 Å². The van der Waals surface area contributed by atoms with E-state index in [1.165, 1.54) is 24.1 Å². The van der Waals surface area contributed by atoms with Gasteiger partial charge in [0.15, 0.2) is 10.7 Å². The summed E-state index contributed by atoms with van der Waals surface area (Å²) in [7, 11) is -2.72. The molecular formula is C25H21FN6O4S. The number of nitrogens with one attached hydrogen (secondary N) is 1. The van der Waals surface area contributed by atoms with E-state index in [9.17, 15) is 17.6 Å². The highest BCUT2D eigenvalue weighted by Crippen LogP contribution is 2.25. The van der Waals surface area contributed by atoms with Gasteiger partial charge in [0.1, 0.15) is 23.5 Å². The second-order valence-electron chi connectivity index (χ2n) is 8.22. The van der Waals surface area contributed by atoms with E-state index >= 15 is 0 Å². The molecule has 3 aromatic heterocycles. The minimum Gasteiger partial charge on any atom is -0.364 e. The summed E-state index contributed by atoms with van der Waals surface area (Å²) in [4.78, 5) is 19.1. The molecule has 5 aromatic rings. The fourth-order valence-corrected chi connectivity index (χ4v) is 4.91. The first-order chi connectivity index (χ1) is 17.8. The molecule has 188 valence electrons. The van der Waals surface area contributed by atoms with Gasteiger partial charge in [-0.3, -0.25) is 9.48 Å². The van der Waals surface area contributed by atoms with Gasteiger partial charge in [-0.05, 0) is 17.7 Å². The molecule has 12 heteroatoms. The number of aromatic amines is 1. The molecule has 5 rings (SSSR count). The highest BCUT2D eigenvalue weighted by Gasteiger charge is 2.26. The lowest BCUT2D eigenvalue weighted by molar-refractivity contribution is 0.421. The Morgan fingerprint density at radius 2 is 1.81 bits per heavy atom. The highest BCUT2D eigenvalue weighted by molar-refractivity contribution is 7.89. The Morgan fingerprint density at radius 1 is 1.05 bits per heavy atom. The first-order valence-electron chi connectivity index (χ1n) is 11.1. The Bertz CT molecular complexity index is 1700. The zero-order valence-electron chi connectivity index (χ0n) is 19.6. The summed E-state index contributed by atoms with van der Waals surface area (Å²) >= 11 is 0. The van der Waals surface area contributed by atoms with Crippen molar-refractivity contribution >= 4 is 10.0 Å². The highest BCUT2D eigenvalue weighted by atomic mass is 32.2. The Kier molecular flexibility index (Phi) is 6.51. The van der Waals surface area contributed by atoms with Gasteiger partial charge in [0.2, 0.25) is 10.0 Å². The molecule has 0 aliphatic rings. The van der Waals surface area contributed by atoms with Crippen LogP contribution in [0.2, 0.25) is 0 Å². The lowest BCUT2D eigenvalue weighted by Crippen LogP contribution is -2.31. The molecular weight excluding hydrogens is 499 g/mol. The molecule has 10 nitrogen and oxygen atoms in total. The number of hydrogen-bond donors (Lipinski definition) is 1. The van der Waals surface area contributed by atoms with Crippen LogP contribution in [0.3, 0.4) is 0 Å². The van der Waals surface area contributed by atoms with Gasteiger partial charge in [-0.15, -0.1) is 0 Å². The Morgan fingerprint density at radius 3 is 2.51 bits per heavy atom. The van der Waals surface area contributed by atoms with E-state index in [1.54, 1.807) is 54.6 Å². The third kappa shape index (κ3) is 4.97. The molecule has 0 amide bonds. The van der Waals surface area contributed by atoms with Crippen LogP contribution in [0.5, 0.6) is 0 Å². The minimum absolute atomic E-state index is 0.0479. The topological polar surface area (TPSA) is 127 Å². The third-order valence-corrected chi connectivity index (χ3v) is 7.50. The average Bonchev–Trinajstić information content (AvgIpc) is 3.56. The maximum Gasteiger partial charge on any atom is 0.271 e. The second kappa shape index (κ2) is 9.91. The van der Waals surface area contributed by atoms with Crippen molar-refractivity contribution in [2.24, 2.45) is 0 Å². The van der Waals surface area contributed by atoms with E-state index in [0.29, 0.717) is 17.0 Å². The summed E-state index contributed by atoms with van der Waals surface area (Å²) in [5.74, 6) is -0.349. The molecule has 3 heterocycles. The van der Waals surface area contributed by atoms with Crippen molar-refractivity contribution in [2.75, 3.05) is 7.05 Å². The largest absolute Gasteiger partial charge is 0.364 e. The SMILES string of the molecule is CN(Cc1ccccc1)S(=O)(=O)c1cnc(-c2cc(-c3ccon3)n(Cc3ccccc3F)n2)[nH]c1=O. The summed E-state index contributed by atoms with van der Waals surface area (Å²) in [6, 6.07) is 18.5. The summed E-state index contributed by atoms with van der Waals surface area (Å²) in [6.07, 6.45) is 2.40. The van der Waals surface area contributed by atoms with Crippen LogP contribution >= 0.6 is 0 Å². The van der Waals surface area contributed by atoms with E-state index in [0.717, 1.165) is 16.1 Å². The summed E-state index contributed by atoms with van der Waals surface area (Å²) in [5.41, 5.74) is 1.51. The van der Waals surface area contributed by atoms with Gasteiger partial charge in [0.25, 0.3) is 5.56 Å². The van der Waals surface area contributed by atoms with Crippen molar-refractivity contribution in [1.82, 2.24) is 29.2 Å². The molecule has 0 spiro atoms. The standard InChI is InChI=1S/C25H21FN6O4S/c1-31(15-17-7-3-2-4-8-17)37(34,35)23-14-27-24(28-25(23)33)21-13-22(20-11-12-36-30-20)32(29-21)16-18-9-5-6-10-19(18)26/h2-14H,15-16H2,1H3,(H,27,28,33). The Hall–Kier alpha value is -4.42. The van der Waals surface area contributed by atoms with Crippen LogP contribution in [0.1, 0.15) is 11.1 Å². The van der Waals surface area contributed by atoms with Crippen molar-refractivity contribution in [1.29, 1.82) is 0 Å². The maximum atomic E-state index is 14.3. The van der Waals surface area contributed by atoms with Crippen LogP contribution in [0, 0.1) is 5.82 Å². The molecule has 0 aliphatic carbocycles. The fraction of sp³-hybridized carbons (Fsp3) is 0.120. The molecule has 0 atom stereocenters. The van der Waals surface area contributed by atoms with E-state index in [-0.39, 0.29) is 24.6 Å². The van der Waals surface area contributed by atoms with E-state index in [4.69, 9.17) is 4.52 Å². The van der Waals surface area contributed by atoms with E-state index in [2.05, 4.69) is 20.2 Å². The summed E-state index contributed by atoms with van der Waals surface area (Å²) in [6.45, 7) is 0.168. The van der Waals surface area contributed by atoms with Gasteiger partial charge in [0, 0.05) is 25.2 Å². The molecule has 37 heavy (non-hydrogen) atoms. The number of aromatic nitrogens is 5. The van der Waals surface area contributed by atoms with E-state index in [1.807, 2.05) is 6.07 Å².